The van der Waals surface area contributed by atoms with Crippen molar-refractivity contribution in [3.8, 4) is 11.6 Å². The van der Waals surface area contributed by atoms with Crippen LogP contribution in [0.5, 0.6) is 11.6 Å². The fourth-order valence-corrected chi connectivity index (χ4v) is 2.88. The summed E-state index contributed by atoms with van der Waals surface area (Å²) in [6.45, 7) is -0.184. The SMILES string of the molecule is O=C(Nc1ccccc1)c1cccc2cc(Oc3cc(CO)ncn3)ccc12. The highest BCUT2D eigenvalue weighted by molar-refractivity contribution is 6.13. The van der Waals surface area contributed by atoms with Crippen molar-refractivity contribution in [2.75, 3.05) is 5.32 Å². The second-order valence-electron chi connectivity index (χ2n) is 6.12. The van der Waals surface area contributed by atoms with E-state index in [9.17, 15) is 9.90 Å². The van der Waals surface area contributed by atoms with Gasteiger partial charge in [-0.05, 0) is 47.2 Å². The zero-order valence-electron chi connectivity index (χ0n) is 14.9. The van der Waals surface area contributed by atoms with Crippen LogP contribution in [0.1, 0.15) is 16.1 Å². The number of nitrogens with zero attached hydrogens (tertiary/aromatic N) is 2. The predicted octanol–water partition coefficient (Wildman–Crippen LogP) is 4.17. The summed E-state index contributed by atoms with van der Waals surface area (Å²) in [5, 5.41) is 13.8. The lowest BCUT2D eigenvalue weighted by Gasteiger charge is -2.10. The van der Waals surface area contributed by atoms with Crippen LogP contribution < -0.4 is 10.1 Å². The molecule has 6 nitrogen and oxygen atoms in total. The Morgan fingerprint density at radius 2 is 1.82 bits per heavy atom. The molecule has 0 aliphatic rings. The van der Waals surface area contributed by atoms with Crippen molar-refractivity contribution in [2.24, 2.45) is 0 Å². The largest absolute Gasteiger partial charge is 0.439 e. The summed E-state index contributed by atoms with van der Waals surface area (Å²) in [5.74, 6) is 0.751. The van der Waals surface area contributed by atoms with Gasteiger partial charge in [0, 0.05) is 17.3 Å². The molecule has 0 spiro atoms. The van der Waals surface area contributed by atoms with E-state index in [4.69, 9.17) is 4.74 Å². The van der Waals surface area contributed by atoms with Crippen LogP contribution in [0.25, 0.3) is 10.8 Å². The molecule has 0 saturated heterocycles. The number of nitrogens with one attached hydrogen (secondary N) is 1. The molecule has 3 aromatic carbocycles. The number of hydrogen-bond donors (Lipinski definition) is 2. The minimum absolute atomic E-state index is 0.172. The molecule has 1 aromatic heterocycles. The summed E-state index contributed by atoms with van der Waals surface area (Å²) in [6, 6.07) is 21.9. The highest BCUT2D eigenvalue weighted by Gasteiger charge is 2.11. The number of benzene rings is 3. The highest BCUT2D eigenvalue weighted by Crippen LogP contribution is 2.27. The van der Waals surface area contributed by atoms with Crippen LogP contribution in [0.15, 0.2) is 79.1 Å². The van der Waals surface area contributed by atoms with E-state index in [-0.39, 0.29) is 12.5 Å². The average molecular weight is 371 g/mol. The first-order chi connectivity index (χ1) is 13.7. The lowest BCUT2D eigenvalue weighted by molar-refractivity contribution is 0.102. The van der Waals surface area contributed by atoms with E-state index >= 15 is 0 Å². The van der Waals surface area contributed by atoms with E-state index in [1.54, 1.807) is 18.2 Å². The summed E-state index contributed by atoms with van der Waals surface area (Å²) in [7, 11) is 0. The zero-order chi connectivity index (χ0) is 19.3. The number of rotatable bonds is 5. The Labute approximate surface area is 161 Å². The number of amides is 1. The molecule has 0 radical (unpaired) electrons. The van der Waals surface area contributed by atoms with Crippen LogP contribution in [0.3, 0.4) is 0 Å². The molecular weight excluding hydrogens is 354 g/mol. The fourth-order valence-electron chi connectivity index (χ4n) is 2.88. The number of fused-ring (bicyclic) bond motifs is 1. The molecule has 28 heavy (non-hydrogen) atoms. The molecule has 0 bridgehead atoms. The molecule has 0 unspecified atom stereocenters. The van der Waals surface area contributed by atoms with Gasteiger partial charge in [-0.3, -0.25) is 4.79 Å². The number of aliphatic hydroxyl groups excluding tert-OH is 1. The van der Waals surface area contributed by atoms with Crippen LogP contribution in [0.2, 0.25) is 0 Å². The Kier molecular flexibility index (Phi) is 4.95. The maximum Gasteiger partial charge on any atom is 0.256 e. The molecule has 0 aliphatic carbocycles. The van der Waals surface area contributed by atoms with Gasteiger partial charge in [0.15, 0.2) is 0 Å². The van der Waals surface area contributed by atoms with E-state index in [1.165, 1.54) is 6.33 Å². The highest BCUT2D eigenvalue weighted by atomic mass is 16.5. The van der Waals surface area contributed by atoms with Crippen molar-refractivity contribution >= 4 is 22.4 Å². The third kappa shape index (κ3) is 3.82. The summed E-state index contributed by atoms with van der Waals surface area (Å²) < 4.78 is 5.76. The Bertz CT molecular complexity index is 1130. The number of carbonyl (C=O) groups is 1. The van der Waals surface area contributed by atoms with Gasteiger partial charge in [0.2, 0.25) is 5.88 Å². The smallest absolute Gasteiger partial charge is 0.256 e. The van der Waals surface area contributed by atoms with Gasteiger partial charge in [-0.2, -0.15) is 0 Å². The number of para-hydroxylation sites is 1. The first-order valence-electron chi connectivity index (χ1n) is 8.72. The Morgan fingerprint density at radius 3 is 2.64 bits per heavy atom. The van der Waals surface area contributed by atoms with Crippen LogP contribution in [-0.2, 0) is 6.61 Å². The Hall–Kier alpha value is -3.77. The van der Waals surface area contributed by atoms with Gasteiger partial charge in [0.05, 0.1) is 12.3 Å². The molecule has 6 heteroatoms. The number of aliphatic hydroxyl groups is 1. The van der Waals surface area contributed by atoms with Gasteiger partial charge >= 0.3 is 0 Å². The van der Waals surface area contributed by atoms with Gasteiger partial charge in [-0.1, -0.05) is 30.3 Å². The van der Waals surface area contributed by atoms with Crippen molar-refractivity contribution in [1.82, 2.24) is 9.97 Å². The molecule has 138 valence electrons. The third-order valence-corrected chi connectivity index (χ3v) is 4.21. The van der Waals surface area contributed by atoms with Crippen molar-refractivity contribution in [3.63, 3.8) is 0 Å². The van der Waals surface area contributed by atoms with Crippen LogP contribution in [0, 0.1) is 0 Å². The molecule has 0 saturated carbocycles. The van der Waals surface area contributed by atoms with Gasteiger partial charge in [0.25, 0.3) is 5.91 Å². The van der Waals surface area contributed by atoms with Crippen LogP contribution in [-0.4, -0.2) is 21.0 Å². The molecule has 0 atom stereocenters. The summed E-state index contributed by atoms with van der Waals surface area (Å²) in [4.78, 5) is 20.7. The maximum absolute atomic E-state index is 12.7. The minimum atomic E-state index is -0.184. The molecule has 4 rings (SSSR count). The van der Waals surface area contributed by atoms with E-state index < -0.39 is 0 Å². The number of hydrogen-bond acceptors (Lipinski definition) is 5. The zero-order valence-corrected chi connectivity index (χ0v) is 14.9. The first kappa shape index (κ1) is 17.6. The van der Waals surface area contributed by atoms with Crippen molar-refractivity contribution < 1.29 is 14.6 Å². The van der Waals surface area contributed by atoms with Gasteiger partial charge in [-0.25, -0.2) is 9.97 Å². The molecular formula is C22H17N3O3. The van der Waals surface area contributed by atoms with E-state index in [0.717, 1.165) is 16.5 Å². The second-order valence-corrected chi connectivity index (χ2v) is 6.12. The molecule has 0 fully saturated rings. The van der Waals surface area contributed by atoms with Crippen molar-refractivity contribution in [2.45, 2.75) is 6.61 Å². The van der Waals surface area contributed by atoms with Gasteiger partial charge in [-0.15, -0.1) is 0 Å². The summed E-state index contributed by atoms with van der Waals surface area (Å²) in [6.07, 6.45) is 1.34. The van der Waals surface area contributed by atoms with Gasteiger partial charge in [0.1, 0.15) is 12.1 Å². The Balaban J connectivity index is 1.61. The molecule has 0 aliphatic heterocycles. The lowest BCUT2D eigenvalue weighted by atomic mass is 10.0. The van der Waals surface area contributed by atoms with E-state index in [0.29, 0.717) is 22.9 Å². The number of ether oxygens (including phenoxy) is 1. The second kappa shape index (κ2) is 7.85. The maximum atomic E-state index is 12.7. The van der Waals surface area contributed by atoms with Gasteiger partial charge < -0.3 is 15.2 Å². The minimum Gasteiger partial charge on any atom is -0.439 e. The predicted molar refractivity (Wildman–Crippen MR) is 106 cm³/mol. The molecule has 1 amide bonds. The fraction of sp³-hybridized carbons (Fsp3) is 0.0455. The third-order valence-electron chi connectivity index (χ3n) is 4.21. The van der Waals surface area contributed by atoms with Crippen LogP contribution >= 0.6 is 0 Å². The number of anilines is 1. The number of carbonyl (C=O) groups excluding carboxylic acids is 1. The number of aromatic nitrogens is 2. The first-order valence-corrected chi connectivity index (χ1v) is 8.72. The standard InChI is InChI=1S/C22H17N3O3/c26-13-17-12-21(24-14-23-17)28-18-9-10-19-15(11-18)5-4-8-20(19)22(27)25-16-6-2-1-3-7-16/h1-12,14,26H,13H2,(H,25,27). The van der Waals surface area contributed by atoms with E-state index in [1.807, 2.05) is 54.6 Å². The molecule has 2 N–H and O–H groups in total. The average Bonchev–Trinajstić information content (AvgIpc) is 2.74. The lowest BCUT2D eigenvalue weighted by Crippen LogP contribution is -2.12. The summed E-state index contributed by atoms with van der Waals surface area (Å²) in [5.41, 5.74) is 1.80. The molecule has 1 heterocycles. The topological polar surface area (TPSA) is 84.3 Å². The quantitative estimate of drug-likeness (QED) is 0.550. The van der Waals surface area contributed by atoms with Crippen molar-refractivity contribution in [1.29, 1.82) is 0 Å². The van der Waals surface area contributed by atoms with E-state index in [2.05, 4.69) is 15.3 Å². The Morgan fingerprint density at radius 1 is 0.964 bits per heavy atom. The monoisotopic (exact) mass is 371 g/mol. The van der Waals surface area contributed by atoms with Crippen molar-refractivity contribution in [3.05, 3.63) is 90.4 Å². The summed E-state index contributed by atoms with van der Waals surface area (Å²) >= 11 is 0. The molecule has 4 aromatic rings. The normalized spacial score (nSPS) is 10.6. The van der Waals surface area contributed by atoms with Crippen LogP contribution in [0.4, 0.5) is 5.69 Å².